The number of piperazine rings is 1. The number of ether oxygens (including phenoxy) is 1. The highest BCUT2D eigenvalue weighted by atomic mass is 16.6. The van der Waals surface area contributed by atoms with E-state index < -0.39 is 0 Å². The molecule has 0 aromatic heterocycles. The van der Waals surface area contributed by atoms with E-state index in [9.17, 15) is 4.79 Å². The van der Waals surface area contributed by atoms with Crippen molar-refractivity contribution in [3.8, 4) is 0 Å². The van der Waals surface area contributed by atoms with Gasteiger partial charge in [0.05, 0.1) is 0 Å². The van der Waals surface area contributed by atoms with Crippen molar-refractivity contribution in [3.05, 3.63) is 0 Å². The summed E-state index contributed by atoms with van der Waals surface area (Å²) in [6.45, 7) is 12.5. The summed E-state index contributed by atoms with van der Waals surface area (Å²) in [7, 11) is 0. The van der Waals surface area contributed by atoms with E-state index in [2.05, 4.69) is 10.2 Å². The van der Waals surface area contributed by atoms with Crippen LogP contribution in [0.1, 0.15) is 33.6 Å². The molecule has 3 aliphatic rings. The molecule has 1 N–H and O–H groups in total. The van der Waals surface area contributed by atoms with Gasteiger partial charge in [-0.25, -0.2) is 4.79 Å². The first-order chi connectivity index (χ1) is 9.92. The first kappa shape index (κ1) is 15.1. The molecule has 2 saturated heterocycles. The minimum Gasteiger partial charge on any atom is -0.444 e. The van der Waals surface area contributed by atoms with Gasteiger partial charge in [0.15, 0.2) is 0 Å². The smallest absolute Gasteiger partial charge is 0.410 e. The Labute approximate surface area is 128 Å². The molecule has 0 aromatic carbocycles. The van der Waals surface area contributed by atoms with Crippen molar-refractivity contribution >= 4 is 6.09 Å². The fourth-order valence-electron chi connectivity index (χ4n) is 4.05. The highest BCUT2D eigenvalue weighted by Crippen LogP contribution is 2.42. The maximum atomic E-state index is 12.2. The summed E-state index contributed by atoms with van der Waals surface area (Å²) in [4.78, 5) is 16.8. The van der Waals surface area contributed by atoms with Gasteiger partial charge in [0.25, 0.3) is 0 Å². The average molecular weight is 295 g/mol. The molecular formula is C16H29N3O2. The maximum absolute atomic E-state index is 12.2. The zero-order valence-electron chi connectivity index (χ0n) is 13.6. The van der Waals surface area contributed by atoms with Gasteiger partial charge in [0.2, 0.25) is 0 Å². The molecule has 0 unspecified atom stereocenters. The Balaban J connectivity index is 1.50. The molecule has 21 heavy (non-hydrogen) atoms. The molecule has 0 spiro atoms. The molecule has 0 aromatic rings. The third kappa shape index (κ3) is 3.51. The summed E-state index contributed by atoms with van der Waals surface area (Å²) >= 11 is 0. The summed E-state index contributed by atoms with van der Waals surface area (Å²) in [6.07, 6.45) is 2.22. The fourth-order valence-corrected chi connectivity index (χ4v) is 4.05. The van der Waals surface area contributed by atoms with Crippen molar-refractivity contribution in [3.63, 3.8) is 0 Å². The fraction of sp³-hybridized carbons (Fsp3) is 0.938. The van der Waals surface area contributed by atoms with Gasteiger partial charge >= 0.3 is 6.09 Å². The van der Waals surface area contributed by atoms with E-state index in [4.69, 9.17) is 4.74 Å². The second-order valence-electron chi connectivity index (χ2n) is 7.83. The molecule has 0 radical (unpaired) electrons. The first-order valence-corrected chi connectivity index (χ1v) is 8.35. The molecule has 5 heteroatoms. The van der Waals surface area contributed by atoms with Gasteiger partial charge in [-0.15, -0.1) is 0 Å². The lowest BCUT2D eigenvalue weighted by Crippen LogP contribution is -2.48. The van der Waals surface area contributed by atoms with Gasteiger partial charge in [-0.1, -0.05) is 0 Å². The standard InChI is InChI=1S/C16H29N3O2/c1-16(2,3)21-15(20)19-11-13-9-14(19)8-12(13)10-18-6-4-17-5-7-18/h12-14,17H,4-11H2,1-3H3/t12-,13+,14-/m1/s1. The lowest BCUT2D eigenvalue weighted by molar-refractivity contribution is 0.0146. The molecule has 1 aliphatic carbocycles. The zero-order valence-corrected chi connectivity index (χ0v) is 13.6. The molecule has 1 amide bonds. The molecule has 2 bridgehead atoms. The van der Waals surface area contributed by atoms with Crippen LogP contribution in [0.25, 0.3) is 0 Å². The molecular weight excluding hydrogens is 266 g/mol. The Hall–Kier alpha value is -0.810. The Bertz CT molecular complexity index is 387. The first-order valence-electron chi connectivity index (χ1n) is 8.35. The summed E-state index contributed by atoms with van der Waals surface area (Å²) < 4.78 is 5.53. The maximum Gasteiger partial charge on any atom is 0.410 e. The number of nitrogens with one attached hydrogen (secondary N) is 1. The molecule has 3 rings (SSSR count). The van der Waals surface area contributed by atoms with Crippen molar-refractivity contribution in [1.29, 1.82) is 0 Å². The van der Waals surface area contributed by atoms with E-state index >= 15 is 0 Å². The number of amides is 1. The van der Waals surface area contributed by atoms with Crippen LogP contribution in [-0.2, 0) is 4.74 Å². The third-order valence-corrected chi connectivity index (χ3v) is 5.02. The van der Waals surface area contributed by atoms with Gasteiger partial charge in [-0.05, 0) is 45.4 Å². The number of rotatable bonds is 2. The second kappa shape index (κ2) is 5.76. The normalized spacial score (nSPS) is 33.5. The van der Waals surface area contributed by atoms with Crippen LogP contribution in [0.3, 0.4) is 0 Å². The highest BCUT2D eigenvalue weighted by Gasteiger charge is 2.47. The van der Waals surface area contributed by atoms with E-state index in [1.54, 1.807) is 0 Å². The topological polar surface area (TPSA) is 44.8 Å². The number of fused-ring (bicyclic) bond motifs is 2. The van der Waals surface area contributed by atoms with Crippen molar-refractivity contribution in [2.24, 2.45) is 11.8 Å². The van der Waals surface area contributed by atoms with Crippen LogP contribution in [0, 0.1) is 11.8 Å². The number of nitrogens with zero attached hydrogens (tertiary/aromatic N) is 2. The number of carbonyl (C=O) groups excluding carboxylic acids is 1. The number of carbonyl (C=O) groups is 1. The lowest BCUT2D eigenvalue weighted by Gasteiger charge is -2.36. The lowest BCUT2D eigenvalue weighted by atomic mass is 9.94. The monoisotopic (exact) mass is 295 g/mol. The predicted octanol–water partition coefficient (Wildman–Crippen LogP) is 1.54. The van der Waals surface area contributed by atoms with Gasteiger partial charge in [0.1, 0.15) is 5.60 Å². The summed E-state index contributed by atoms with van der Waals surface area (Å²) in [6, 6.07) is 0.415. The van der Waals surface area contributed by atoms with E-state index in [1.807, 2.05) is 25.7 Å². The quantitative estimate of drug-likeness (QED) is 0.839. The number of likely N-dealkylation sites (tertiary alicyclic amines) is 1. The van der Waals surface area contributed by atoms with Crippen LogP contribution in [0.5, 0.6) is 0 Å². The Kier molecular flexibility index (Phi) is 4.14. The van der Waals surface area contributed by atoms with Crippen LogP contribution < -0.4 is 5.32 Å². The minimum absolute atomic E-state index is 0.115. The van der Waals surface area contributed by atoms with Crippen LogP contribution in [0.4, 0.5) is 4.79 Å². The molecule has 5 nitrogen and oxygen atoms in total. The van der Waals surface area contributed by atoms with E-state index in [-0.39, 0.29) is 11.7 Å². The minimum atomic E-state index is -0.390. The molecule has 2 aliphatic heterocycles. The Morgan fingerprint density at radius 2 is 1.95 bits per heavy atom. The van der Waals surface area contributed by atoms with Gasteiger partial charge in [-0.3, -0.25) is 0 Å². The van der Waals surface area contributed by atoms with Crippen LogP contribution in [-0.4, -0.2) is 66.8 Å². The molecule has 3 atom stereocenters. The number of hydrogen-bond donors (Lipinski definition) is 1. The molecule has 1 saturated carbocycles. The molecule has 3 fully saturated rings. The third-order valence-electron chi connectivity index (χ3n) is 5.02. The number of piperidine rings is 1. The SMILES string of the molecule is CC(C)(C)OC(=O)N1C[C@@H]2C[C@H]1C[C@@H]2CN1CCNCC1. The van der Waals surface area contributed by atoms with E-state index in [1.165, 1.54) is 26.1 Å². The molecule has 120 valence electrons. The van der Waals surface area contributed by atoms with Crippen LogP contribution >= 0.6 is 0 Å². The van der Waals surface area contributed by atoms with Crippen LogP contribution in [0.15, 0.2) is 0 Å². The van der Waals surface area contributed by atoms with Crippen molar-refractivity contribution in [2.45, 2.75) is 45.3 Å². The van der Waals surface area contributed by atoms with Gasteiger partial charge < -0.3 is 19.9 Å². The van der Waals surface area contributed by atoms with E-state index in [0.29, 0.717) is 12.0 Å². The highest BCUT2D eigenvalue weighted by molar-refractivity contribution is 5.69. The van der Waals surface area contributed by atoms with E-state index in [0.717, 1.165) is 32.0 Å². The summed E-state index contributed by atoms with van der Waals surface area (Å²) in [5.74, 6) is 1.45. The van der Waals surface area contributed by atoms with Crippen LogP contribution in [0.2, 0.25) is 0 Å². The second-order valence-corrected chi connectivity index (χ2v) is 7.83. The number of hydrogen-bond acceptors (Lipinski definition) is 4. The van der Waals surface area contributed by atoms with Crippen molar-refractivity contribution < 1.29 is 9.53 Å². The zero-order chi connectivity index (χ0) is 15.0. The largest absolute Gasteiger partial charge is 0.444 e. The molecule has 2 heterocycles. The van der Waals surface area contributed by atoms with Crippen molar-refractivity contribution in [1.82, 2.24) is 15.1 Å². The van der Waals surface area contributed by atoms with Gasteiger partial charge in [0, 0.05) is 45.3 Å². The predicted molar refractivity (Wildman–Crippen MR) is 82.3 cm³/mol. The summed E-state index contributed by atoms with van der Waals surface area (Å²) in [5.41, 5.74) is -0.390. The average Bonchev–Trinajstić information content (AvgIpc) is 2.97. The van der Waals surface area contributed by atoms with Gasteiger partial charge in [-0.2, -0.15) is 0 Å². The van der Waals surface area contributed by atoms with Crippen molar-refractivity contribution in [2.75, 3.05) is 39.3 Å². The Morgan fingerprint density at radius 3 is 2.52 bits per heavy atom. The summed E-state index contributed by atoms with van der Waals surface area (Å²) in [5, 5.41) is 3.41. The Morgan fingerprint density at radius 1 is 1.24 bits per heavy atom.